The fourth-order valence-electron chi connectivity index (χ4n) is 2.97. The SMILES string of the molecule is CN=C(NCCN1CCc2ccccc2C1)NC1CC1C.I. The van der Waals surface area contributed by atoms with Gasteiger partial charge in [-0.25, -0.2) is 0 Å². The van der Waals surface area contributed by atoms with E-state index in [2.05, 4.69) is 51.7 Å². The van der Waals surface area contributed by atoms with E-state index in [0.29, 0.717) is 6.04 Å². The summed E-state index contributed by atoms with van der Waals surface area (Å²) in [7, 11) is 1.85. The zero-order valence-electron chi connectivity index (χ0n) is 13.5. The number of hydrogen-bond acceptors (Lipinski definition) is 2. The van der Waals surface area contributed by atoms with Crippen LogP contribution >= 0.6 is 24.0 Å². The molecular formula is C17H27IN4. The molecule has 2 aliphatic rings. The van der Waals surface area contributed by atoms with Gasteiger partial charge in [-0.3, -0.25) is 9.89 Å². The molecule has 4 nitrogen and oxygen atoms in total. The normalized spacial score (nSPS) is 24.2. The molecule has 1 aliphatic carbocycles. The Morgan fingerprint density at radius 1 is 1.32 bits per heavy atom. The molecule has 0 radical (unpaired) electrons. The maximum absolute atomic E-state index is 4.30. The van der Waals surface area contributed by atoms with E-state index in [1.54, 1.807) is 0 Å². The lowest BCUT2D eigenvalue weighted by atomic mass is 10.00. The van der Waals surface area contributed by atoms with E-state index in [1.165, 1.54) is 24.0 Å². The van der Waals surface area contributed by atoms with Gasteiger partial charge in [0.1, 0.15) is 0 Å². The summed E-state index contributed by atoms with van der Waals surface area (Å²) in [6.45, 7) is 6.52. The molecule has 1 aromatic rings. The first-order chi connectivity index (χ1) is 10.3. The second kappa shape index (κ2) is 8.15. The van der Waals surface area contributed by atoms with Crippen LogP contribution in [0.4, 0.5) is 0 Å². The summed E-state index contributed by atoms with van der Waals surface area (Å²) in [5, 5.41) is 6.89. The molecule has 1 saturated carbocycles. The molecule has 22 heavy (non-hydrogen) atoms. The van der Waals surface area contributed by atoms with Gasteiger partial charge in [-0.05, 0) is 29.9 Å². The Kier molecular flexibility index (Phi) is 6.50. The number of guanidine groups is 1. The smallest absolute Gasteiger partial charge is 0.191 e. The first kappa shape index (κ1) is 17.5. The molecule has 3 rings (SSSR count). The van der Waals surface area contributed by atoms with Gasteiger partial charge < -0.3 is 10.6 Å². The predicted molar refractivity (Wildman–Crippen MR) is 103 cm³/mol. The van der Waals surface area contributed by atoms with Gasteiger partial charge in [0, 0.05) is 39.3 Å². The lowest BCUT2D eigenvalue weighted by Crippen LogP contribution is -2.43. The van der Waals surface area contributed by atoms with E-state index in [0.717, 1.165) is 38.1 Å². The van der Waals surface area contributed by atoms with E-state index in [-0.39, 0.29) is 24.0 Å². The van der Waals surface area contributed by atoms with Crippen molar-refractivity contribution in [3.05, 3.63) is 35.4 Å². The maximum atomic E-state index is 4.30. The average molecular weight is 414 g/mol. The summed E-state index contributed by atoms with van der Waals surface area (Å²) in [6.07, 6.45) is 2.44. The number of rotatable bonds is 4. The highest BCUT2D eigenvalue weighted by molar-refractivity contribution is 14.0. The number of nitrogens with one attached hydrogen (secondary N) is 2. The van der Waals surface area contributed by atoms with Gasteiger partial charge in [0.15, 0.2) is 5.96 Å². The third-order valence-electron chi connectivity index (χ3n) is 4.59. The maximum Gasteiger partial charge on any atom is 0.191 e. The molecule has 2 N–H and O–H groups in total. The van der Waals surface area contributed by atoms with Crippen molar-refractivity contribution in [1.29, 1.82) is 0 Å². The van der Waals surface area contributed by atoms with Crippen molar-refractivity contribution < 1.29 is 0 Å². The molecule has 5 heteroatoms. The van der Waals surface area contributed by atoms with Crippen molar-refractivity contribution in [2.24, 2.45) is 10.9 Å². The van der Waals surface area contributed by atoms with E-state index in [1.807, 2.05) is 7.05 Å². The van der Waals surface area contributed by atoms with Crippen LogP contribution in [0.3, 0.4) is 0 Å². The van der Waals surface area contributed by atoms with E-state index in [9.17, 15) is 0 Å². The van der Waals surface area contributed by atoms with Crippen LogP contribution in [0.25, 0.3) is 0 Å². The summed E-state index contributed by atoms with van der Waals surface area (Å²) in [4.78, 5) is 6.81. The highest BCUT2D eigenvalue weighted by Gasteiger charge is 2.33. The Balaban J connectivity index is 0.00000176. The second-order valence-electron chi connectivity index (χ2n) is 6.26. The highest BCUT2D eigenvalue weighted by atomic mass is 127. The van der Waals surface area contributed by atoms with E-state index >= 15 is 0 Å². The van der Waals surface area contributed by atoms with Crippen molar-refractivity contribution in [3.8, 4) is 0 Å². The summed E-state index contributed by atoms with van der Waals surface area (Å²) >= 11 is 0. The molecule has 1 aliphatic heterocycles. The summed E-state index contributed by atoms with van der Waals surface area (Å²) in [5.41, 5.74) is 3.00. The highest BCUT2D eigenvalue weighted by Crippen LogP contribution is 2.28. The molecule has 0 bridgehead atoms. The average Bonchev–Trinajstić information content (AvgIpc) is 3.21. The van der Waals surface area contributed by atoms with Crippen molar-refractivity contribution in [1.82, 2.24) is 15.5 Å². The number of nitrogens with zero attached hydrogens (tertiary/aromatic N) is 2. The largest absolute Gasteiger partial charge is 0.355 e. The number of halogens is 1. The number of hydrogen-bond donors (Lipinski definition) is 2. The zero-order valence-corrected chi connectivity index (χ0v) is 15.8. The van der Waals surface area contributed by atoms with Gasteiger partial charge in [-0.15, -0.1) is 24.0 Å². The molecule has 1 aromatic carbocycles. The number of aliphatic imine (C=N–C) groups is 1. The van der Waals surface area contributed by atoms with Crippen LogP contribution in [0.1, 0.15) is 24.5 Å². The minimum Gasteiger partial charge on any atom is -0.355 e. The lowest BCUT2D eigenvalue weighted by molar-refractivity contribution is 0.258. The summed E-state index contributed by atoms with van der Waals surface area (Å²) in [5.74, 6) is 1.74. The fourth-order valence-corrected chi connectivity index (χ4v) is 2.97. The Labute approximate surface area is 150 Å². The van der Waals surface area contributed by atoms with Gasteiger partial charge in [-0.2, -0.15) is 0 Å². The molecule has 0 spiro atoms. The summed E-state index contributed by atoms with van der Waals surface area (Å²) in [6, 6.07) is 9.42. The topological polar surface area (TPSA) is 39.7 Å². The number of fused-ring (bicyclic) bond motifs is 1. The third-order valence-corrected chi connectivity index (χ3v) is 4.59. The first-order valence-corrected chi connectivity index (χ1v) is 8.02. The van der Waals surface area contributed by atoms with Gasteiger partial charge in [0.2, 0.25) is 0 Å². The van der Waals surface area contributed by atoms with Crippen LogP contribution in [0.5, 0.6) is 0 Å². The number of benzene rings is 1. The Morgan fingerprint density at radius 2 is 2.05 bits per heavy atom. The first-order valence-electron chi connectivity index (χ1n) is 8.02. The predicted octanol–water partition coefficient (Wildman–Crippen LogP) is 2.24. The standard InChI is InChI=1S/C17H26N4.HI/c1-13-11-16(13)20-17(18-2)19-8-10-21-9-7-14-5-3-4-6-15(14)12-21;/h3-6,13,16H,7-12H2,1-2H3,(H2,18,19,20);1H. The zero-order chi connectivity index (χ0) is 14.7. The van der Waals surface area contributed by atoms with Crippen LogP contribution in [-0.2, 0) is 13.0 Å². The molecule has 0 saturated heterocycles. The molecule has 1 fully saturated rings. The van der Waals surface area contributed by atoms with Gasteiger partial charge in [0.05, 0.1) is 0 Å². The molecule has 0 aromatic heterocycles. The quantitative estimate of drug-likeness (QED) is 0.451. The third kappa shape index (κ3) is 4.59. The van der Waals surface area contributed by atoms with Crippen LogP contribution in [0.15, 0.2) is 29.3 Å². The Bertz CT molecular complexity index is 517. The van der Waals surface area contributed by atoms with Crippen molar-refractivity contribution in [3.63, 3.8) is 0 Å². The molecular weight excluding hydrogens is 387 g/mol. The Morgan fingerprint density at radius 3 is 2.73 bits per heavy atom. The lowest BCUT2D eigenvalue weighted by Gasteiger charge is -2.28. The van der Waals surface area contributed by atoms with Crippen LogP contribution in [0, 0.1) is 5.92 Å². The van der Waals surface area contributed by atoms with Crippen LogP contribution in [-0.4, -0.2) is 43.6 Å². The van der Waals surface area contributed by atoms with Gasteiger partial charge in [-0.1, -0.05) is 31.2 Å². The van der Waals surface area contributed by atoms with E-state index in [4.69, 9.17) is 0 Å². The van der Waals surface area contributed by atoms with Crippen LogP contribution < -0.4 is 10.6 Å². The molecule has 1 heterocycles. The molecule has 122 valence electrons. The molecule has 0 amide bonds. The second-order valence-corrected chi connectivity index (χ2v) is 6.26. The minimum atomic E-state index is 0. The van der Waals surface area contributed by atoms with Crippen molar-refractivity contribution >= 4 is 29.9 Å². The fraction of sp³-hybridized carbons (Fsp3) is 0.588. The molecule has 2 unspecified atom stereocenters. The van der Waals surface area contributed by atoms with Gasteiger partial charge >= 0.3 is 0 Å². The molecule has 2 atom stereocenters. The summed E-state index contributed by atoms with van der Waals surface area (Å²) < 4.78 is 0. The Hall–Kier alpha value is -0.820. The van der Waals surface area contributed by atoms with Gasteiger partial charge in [0.25, 0.3) is 0 Å². The minimum absolute atomic E-state index is 0. The van der Waals surface area contributed by atoms with Crippen molar-refractivity contribution in [2.45, 2.75) is 32.4 Å². The van der Waals surface area contributed by atoms with Crippen molar-refractivity contribution in [2.75, 3.05) is 26.7 Å². The van der Waals surface area contributed by atoms with E-state index < -0.39 is 0 Å². The van der Waals surface area contributed by atoms with Crippen LogP contribution in [0.2, 0.25) is 0 Å². The monoisotopic (exact) mass is 414 g/mol.